The highest BCUT2D eigenvalue weighted by Crippen LogP contribution is 2.29. The number of aryl methyl sites for hydroxylation is 2. The van der Waals surface area contributed by atoms with E-state index in [-0.39, 0.29) is 11.9 Å². The third-order valence-electron chi connectivity index (χ3n) is 5.16. The first-order valence-electron chi connectivity index (χ1n) is 9.15. The van der Waals surface area contributed by atoms with Crippen molar-refractivity contribution in [2.24, 2.45) is 0 Å². The van der Waals surface area contributed by atoms with Gasteiger partial charge < -0.3 is 10.3 Å². The van der Waals surface area contributed by atoms with Crippen LogP contribution in [0.15, 0.2) is 36.7 Å². The molecule has 0 spiro atoms. The lowest BCUT2D eigenvalue weighted by atomic mass is 9.95. The summed E-state index contributed by atoms with van der Waals surface area (Å²) in [6.45, 7) is 2.55. The summed E-state index contributed by atoms with van der Waals surface area (Å²) in [5, 5.41) is 8.58. The summed E-state index contributed by atoms with van der Waals surface area (Å²) in [6.07, 6.45) is 9.11. The van der Waals surface area contributed by atoms with Crippen molar-refractivity contribution in [3.05, 3.63) is 53.5 Å². The van der Waals surface area contributed by atoms with Gasteiger partial charge in [-0.15, -0.1) is 0 Å². The number of nitrogens with one attached hydrogen (secondary N) is 2. The SMILES string of the molecule is CC[C@@H](C(=O)NCc1ccc2[nH]c3c(c2c1)CCCC3)n1cccn1. The smallest absolute Gasteiger partial charge is 0.245 e. The van der Waals surface area contributed by atoms with Crippen LogP contribution in [0.25, 0.3) is 10.9 Å². The second-order valence-corrected chi connectivity index (χ2v) is 6.80. The highest BCUT2D eigenvalue weighted by atomic mass is 16.2. The van der Waals surface area contributed by atoms with Gasteiger partial charge in [0.2, 0.25) is 5.91 Å². The van der Waals surface area contributed by atoms with Crippen LogP contribution in [0.2, 0.25) is 0 Å². The molecule has 1 amide bonds. The van der Waals surface area contributed by atoms with Crippen molar-refractivity contribution < 1.29 is 4.79 Å². The molecule has 0 fully saturated rings. The van der Waals surface area contributed by atoms with E-state index in [2.05, 4.69) is 33.6 Å². The zero-order valence-corrected chi connectivity index (χ0v) is 14.6. The van der Waals surface area contributed by atoms with Crippen LogP contribution in [0.4, 0.5) is 0 Å². The normalized spacial score (nSPS) is 15.1. The first-order valence-corrected chi connectivity index (χ1v) is 9.15. The van der Waals surface area contributed by atoms with Crippen molar-refractivity contribution >= 4 is 16.8 Å². The number of hydrogen-bond acceptors (Lipinski definition) is 2. The van der Waals surface area contributed by atoms with E-state index in [0.29, 0.717) is 6.54 Å². The van der Waals surface area contributed by atoms with Gasteiger partial charge in [-0.2, -0.15) is 5.10 Å². The van der Waals surface area contributed by atoms with Crippen molar-refractivity contribution in [3.63, 3.8) is 0 Å². The van der Waals surface area contributed by atoms with Gasteiger partial charge in [-0.1, -0.05) is 13.0 Å². The number of aromatic amines is 1. The quantitative estimate of drug-likeness (QED) is 0.749. The summed E-state index contributed by atoms with van der Waals surface area (Å²) in [5.41, 5.74) is 5.22. The van der Waals surface area contributed by atoms with Crippen molar-refractivity contribution in [1.29, 1.82) is 0 Å². The molecule has 25 heavy (non-hydrogen) atoms. The van der Waals surface area contributed by atoms with Crippen LogP contribution < -0.4 is 5.32 Å². The van der Waals surface area contributed by atoms with Gasteiger partial charge in [-0.05, 0) is 61.4 Å². The third kappa shape index (κ3) is 3.06. The van der Waals surface area contributed by atoms with Crippen LogP contribution in [0.1, 0.15) is 49.0 Å². The summed E-state index contributed by atoms with van der Waals surface area (Å²) >= 11 is 0. The molecule has 5 heteroatoms. The van der Waals surface area contributed by atoms with Gasteiger partial charge in [0.05, 0.1) is 0 Å². The first kappa shape index (κ1) is 15.9. The molecule has 0 unspecified atom stereocenters. The fourth-order valence-corrected chi connectivity index (χ4v) is 3.83. The lowest BCUT2D eigenvalue weighted by Crippen LogP contribution is -2.32. The number of H-pyrrole nitrogens is 1. The Labute approximate surface area is 147 Å². The van der Waals surface area contributed by atoms with Crippen LogP contribution in [0.3, 0.4) is 0 Å². The molecule has 0 saturated carbocycles. The number of hydrogen-bond donors (Lipinski definition) is 2. The van der Waals surface area contributed by atoms with Crippen LogP contribution in [0.5, 0.6) is 0 Å². The fourth-order valence-electron chi connectivity index (χ4n) is 3.83. The van der Waals surface area contributed by atoms with Crippen molar-refractivity contribution in [3.8, 4) is 0 Å². The molecule has 0 bridgehead atoms. The molecular weight excluding hydrogens is 312 g/mol. The molecule has 1 aromatic carbocycles. The molecule has 4 rings (SSSR count). The zero-order valence-electron chi connectivity index (χ0n) is 14.6. The second-order valence-electron chi connectivity index (χ2n) is 6.80. The van der Waals surface area contributed by atoms with Crippen LogP contribution in [-0.4, -0.2) is 20.7 Å². The standard InChI is InChI=1S/C20H24N4O/c1-2-19(24-11-5-10-22-24)20(25)21-13-14-8-9-18-16(12-14)15-6-3-4-7-17(15)23-18/h5,8-12,19,23H,2-4,6-7,13H2,1H3,(H,21,25)/t19-/m0/s1. The minimum atomic E-state index is -0.251. The molecule has 1 atom stereocenters. The lowest BCUT2D eigenvalue weighted by Gasteiger charge is -2.15. The first-order chi connectivity index (χ1) is 12.3. The molecule has 0 aliphatic heterocycles. The van der Waals surface area contributed by atoms with Crippen LogP contribution in [-0.2, 0) is 24.2 Å². The monoisotopic (exact) mass is 336 g/mol. The van der Waals surface area contributed by atoms with E-state index in [1.807, 2.05) is 19.2 Å². The Bertz CT molecular complexity index is 879. The molecule has 0 radical (unpaired) electrons. The predicted molar refractivity (Wildman–Crippen MR) is 98.3 cm³/mol. The van der Waals surface area contributed by atoms with Gasteiger partial charge in [0.25, 0.3) is 0 Å². The molecule has 2 N–H and O–H groups in total. The fraction of sp³-hybridized carbons (Fsp3) is 0.400. The Morgan fingerprint density at radius 2 is 2.24 bits per heavy atom. The summed E-state index contributed by atoms with van der Waals surface area (Å²) in [7, 11) is 0. The highest BCUT2D eigenvalue weighted by Gasteiger charge is 2.19. The Kier molecular flexibility index (Phi) is 4.30. The molecule has 5 nitrogen and oxygen atoms in total. The summed E-state index contributed by atoms with van der Waals surface area (Å²) in [4.78, 5) is 16.1. The third-order valence-corrected chi connectivity index (χ3v) is 5.16. The Morgan fingerprint density at radius 3 is 3.04 bits per heavy atom. The van der Waals surface area contributed by atoms with Crippen molar-refractivity contribution in [1.82, 2.24) is 20.1 Å². The number of benzene rings is 1. The number of carbonyl (C=O) groups excluding carboxylic acids is 1. The van der Waals surface area contributed by atoms with E-state index in [9.17, 15) is 4.79 Å². The number of nitrogens with zero attached hydrogens (tertiary/aromatic N) is 2. The number of aromatic nitrogens is 3. The molecule has 2 aromatic heterocycles. The van der Waals surface area contributed by atoms with Crippen LogP contribution in [0, 0.1) is 0 Å². The second kappa shape index (κ2) is 6.75. The van der Waals surface area contributed by atoms with Crippen molar-refractivity contribution in [2.45, 2.75) is 51.6 Å². The topological polar surface area (TPSA) is 62.7 Å². The maximum Gasteiger partial charge on any atom is 0.245 e. The minimum absolute atomic E-state index is 0.0161. The van der Waals surface area contributed by atoms with Gasteiger partial charge in [-0.3, -0.25) is 9.48 Å². The van der Waals surface area contributed by atoms with E-state index in [1.54, 1.807) is 10.9 Å². The number of amides is 1. The number of fused-ring (bicyclic) bond motifs is 3. The molecule has 2 heterocycles. The molecule has 3 aromatic rings. The Hall–Kier alpha value is -2.56. The molecule has 1 aliphatic carbocycles. The predicted octanol–water partition coefficient (Wildman–Crippen LogP) is 3.51. The van der Waals surface area contributed by atoms with Gasteiger partial charge in [-0.25, -0.2) is 0 Å². The van der Waals surface area contributed by atoms with Gasteiger partial charge >= 0.3 is 0 Å². The maximum atomic E-state index is 12.5. The minimum Gasteiger partial charge on any atom is -0.358 e. The molecule has 130 valence electrons. The highest BCUT2D eigenvalue weighted by molar-refractivity contribution is 5.86. The van der Waals surface area contributed by atoms with E-state index in [1.165, 1.54) is 35.0 Å². The summed E-state index contributed by atoms with van der Waals surface area (Å²) < 4.78 is 1.72. The Balaban J connectivity index is 1.50. The summed E-state index contributed by atoms with van der Waals surface area (Å²) in [5.74, 6) is 0.0161. The number of carbonyl (C=O) groups is 1. The van der Waals surface area contributed by atoms with E-state index in [0.717, 1.165) is 24.8 Å². The van der Waals surface area contributed by atoms with E-state index >= 15 is 0 Å². The van der Waals surface area contributed by atoms with Gasteiger partial charge in [0.1, 0.15) is 6.04 Å². The molecule has 0 saturated heterocycles. The number of rotatable bonds is 5. The van der Waals surface area contributed by atoms with Crippen molar-refractivity contribution in [2.75, 3.05) is 0 Å². The molecule has 1 aliphatic rings. The lowest BCUT2D eigenvalue weighted by molar-refractivity contribution is -0.124. The van der Waals surface area contributed by atoms with Gasteiger partial charge in [0, 0.05) is 35.5 Å². The van der Waals surface area contributed by atoms with Crippen LogP contribution >= 0.6 is 0 Å². The molecular formula is C20H24N4O. The zero-order chi connectivity index (χ0) is 17.2. The van der Waals surface area contributed by atoms with E-state index in [4.69, 9.17) is 0 Å². The maximum absolute atomic E-state index is 12.5. The van der Waals surface area contributed by atoms with E-state index < -0.39 is 0 Å². The average Bonchev–Trinajstić information content (AvgIpc) is 3.28. The van der Waals surface area contributed by atoms with Gasteiger partial charge in [0.15, 0.2) is 0 Å². The summed E-state index contributed by atoms with van der Waals surface area (Å²) in [6, 6.07) is 8.06. The Morgan fingerprint density at radius 1 is 1.36 bits per heavy atom. The average molecular weight is 336 g/mol. The largest absolute Gasteiger partial charge is 0.358 e.